The minimum absolute atomic E-state index is 0.0810. The highest BCUT2D eigenvalue weighted by molar-refractivity contribution is 7.88. The van der Waals surface area contributed by atoms with Gasteiger partial charge in [-0.3, -0.25) is 0 Å². The predicted octanol–water partition coefficient (Wildman–Crippen LogP) is 1.49. The molecule has 1 aliphatic heterocycles. The number of carbonyl (C=O) groups is 1. The van der Waals surface area contributed by atoms with Gasteiger partial charge in [-0.15, -0.1) is 5.10 Å². The highest BCUT2D eigenvalue weighted by atomic mass is 35.5. The first-order valence-corrected chi connectivity index (χ1v) is 9.69. The molecule has 1 aromatic heterocycles. The van der Waals surface area contributed by atoms with E-state index < -0.39 is 16.0 Å². The minimum atomic E-state index is -3.41. The number of rotatable bonds is 6. The number of hydrogen-bond acceptors (Lipinski definition) is 6. The van der Waals surface area contributed by atoms with Crippen molar-refractivity contribution < 1.29 is 17.9 Å². The Balaban J connectivity index is 1.59. The maximum Gasteiger partial charge on any atom is 0.360 e. The molecular weight excluding hydrogens is 368 g/mol. The fraction of sp³-hybridized carbons (Fsp3) is 0.400. The van der Waals surface area contributed by atoms with Gasteiger partial charge in [0.25, 0.3) is 0 Å². The van der Waals surface area contributed by atoms with Crippen LogP contribution in [-0.4, -0.2) is 53.4 Å². The van der Waals surface area contributed by atoms with Crippen LogP contribution in [0.3, 0.4) is 0 Å². The van der Waals surface area contributed by atoms with E-state index >= 15 is 0 Å². The fourth-order valence-corrected chi connectivity index (χ4v) is 4.17. The summed E-state index contributed by atoms with van der Waals surface area (Å²) in [7, 11) is -3.41. The molecule has 2 aromatic rings. The summed E-state index contributed by atoms with van der Waals surface area (Å²) >= 11 is 5.81. The Kier molecular flexibility index (Phi) is 5.07. The zero-order valence-electron chi connectivity index (χ0n) is 13.5. The monoisotopic (exact) mass is 384 g/mol. The Morgan fingerprint density at radius 3 is 2.64 bits per heavy atom. The molecular formula is C15H17ClN4O4S. The Labute approximate surface area is 150 Å². The molecule has 1 aromatic carbocycles. The molecule has 0 atom stereocenters. The van der Waals surface area contributed by atoms with E-state index in [1.54, 1.807) is 31.2 Å². The lowest BCUT2D eigenvalue weighted by Gasteiger charge is -2.37. The number of esters is 1. The molecule has 1 aliphatic rings. The van der Waals surface area contributed by atoms with Gasteiger partial charge in [-0.05, 0) is 24.6 Å². The van der Waals surface area contributed by atoms with Gasteiger partial charge in [-0.25, -0.2) is 17.9 Å². The van der Waals surface area contributed by atoms with Crippen LogP contribution >= 0.6 is 11.6 Å². The summed E-state index contributed by atoms with van der Waals surface area (Å²) in [6.45, 7) is 2.55. The molecule has 0 aliphatic carbocycles. The number of sulfonamides is 1. The maximum atomic E-state index is 12.4. The van der Waals surface area contributed by atoms with Crippen LogP contribution in [0.1, 0.15) is 29.0 Å². The van der Waals surface area contributed by atoms with Crippen LogP contribution in [0.25, 0.3) is 0 Å². The second kappa shape index (κ2) is 7.11. The SMILES string of the molecule is CCOC(=O)c1cn(C2CN(S(=O)(=O)Cc3ccc(Cl)cc3)C2)nn1. The van der Waals surface area contributed by atoms with Gasteiger partial charge in [0.1, 0.15) is 0 Å². The Morgan fingerprint density at radius 2 is 2.00 bits per heavy atom. The van der Waals surface area contributed by atoms with Gasteiger partial charge < -0.3 is 4.74 Å². The van der Waals surface area contributed by atoms with Gasteiger partial charge in [0.15, 0.2) is 5.69 Å². The summed E-state index contributed by atoms with van der Waals surface area (Å²) in [6.07, 6.45) is 1.48. The predicted molar refractivity (Wildman–Crippen MR) is 90.7 cm³/mol. The second-order valence-electron chi connectivity index (χ2n) is 5.66. The van der Waals surface area contributed by atoms with Gasteiger partial charge in [-0.2, -0.15) is 4.31 Å². The summed E-state index contributed by atoms with van der Waals surface area (Å²) in [6, 6.07) is 6.58. The summed E-state index contributed by atoms with van der Waals surface area (Å²) in [5, 5.41) is 8.20. The number of carbonyl (C=O) groups excluding carboxylic acids is 1. The minimum Gasteiger partial charge on any atom is -0.461 e. The third-order valence-corrected chi connectivity index (χ3v) is 5.89. The largest absolute Gasteiger partial charge is 0.461 e. The average molecular weight is 385 g/mol. The molecule has 0 spiro atoms. The molecule has 0 radical (unpaired) electrons. The molecule has 0 bridgehead atoms. The van der Waals surface area contributed by atoms with Crippen molar-refractivity contribution in [3.8, 4) is 0 Å². The van der Waals surface area contributed by atoms with Crippen molar-refractivity contribution in [2.24, 2.45) is 0 Å². The highest BCUT2D eigenvalue weighted by Crippen LogP contribution is 2.26. The molecule has 134 valence electrons. The molecule has 3 rings (SSSR count). The van der Waals surface area contributed by atoms with Crippen LogP contribution in [0.5, 0.6) is 0 Å². The van der Waals surface area contributed by atoms with Crippen molar-refractivity contribution in [1.29, 1.82) is 0 Å². The molecule has 8 nitrogen and oxygen atoms in total. The van der Waals surface area contributed by atoms with Crippen LogP contribution in [0.2, 0.25) is 5.02 Å². The van der Waals surface area contributed by atoms with E-state index in [4.69, 9.17) is 16.3 Å². The molecule has 25 heavy (non-hydrogen) atoms. The second-order valence-corrected chi connectivity index (χ2v) is 8.06. The van der Waals surface area contributed by atoms with E-state index in [1.165, 1.54) is 15.2 Å². The number of aromatic nitrogens is 3. The Morgan fingerprint density at radius 1 is 1.32 bits per heavy atom. The van der Waals surface area contributed by atoms with Crippen LogP contribution in [0.4, 0.5) is 0 Å². The van der Waals surface area contributed by atoms with E-state index in [0.29, 0.717) is 23.7 Å². The highest BCUT2D eigenvalue weighted by Gasteiger charge is 2.37. The number of halogens is 1. The van der Waals surface area contributed by atoms with Crippen molar-refractivity contribution in [2.75, 3.05) is 19.7 Å². The molecule has 0 amide bonds. The first-order valence-electron chi connectivity index (χ1n) is 7.70. The third-order valence-electron chi connectivity index (χ3n) is 3.85. The fourth-order valence-electron chi connectivity index (χ4n) is 2.45. The summed E-state index contributed by atoms with van der Waals surface area (Å²) in [4.78, 5) is 11.6. The van der Waals surface area contributed by atoms with Crippen molar-refractivity contribution in [3.63, 3.8) is 0 Å². The van der Waals surface area contributed by atoms with Crippen LogP contribution < -0.4 is 0 Å². The standard InChI is InChI=1S/C15H17ClN4O4S/c1-2-24-15(21)14-9-20(18-17-14)13-7-19(8-13)25(22,23)10-11-3-5-12(16)6-4-11/h3-6,9,13H,2,7-8,10H2,1H3. The number of benzene rings is 1. The van der Waals surface area contributed by atoms with E-state index in [1.807, 2.05) is 0 Å². The summed E-state index contributed by atoms with van der Waals surface area (Å²) < 4.78 is 32.6. The molecule has 1 fully saturated rings. The number of hydrogen-bond donors (Lipinski definition) is 0. The van der Waals surface area contributed by atoms with Crippen LogP contribution in [0, 0.1) is 0 Å². The lowest BCUT2D eigenvalue weighted by molar-refractivity contribution is 0.0519. The van der Waals surface area contributed by atoms with Crippen LogP contribution in [-0.2, 0) is 20.5 Å². The first kappa shape index (κ1) is 17.8. The third kappa shape index (κ3) is 4.00. The van der Waals surface area contributed by atoms with E-state index in [2.05, 4.69) is 10.3 Å². The van der Waals surface area contributed by atoms with Crippen LogP contribution in [0.15, 0.2) is 30.5 Å². The zero-order chi connectivity index (χ0) is 18.0. The molecule has 2 heterocycles. The van der Waals surface area contributed by atoms with Gasteiger partial charge >= 0.3 is 5.97 Å². The van der Waals surface area contributed by atoms with Crippen molar-refractivity contribution in [2.45, 2.75) is 18.7 Å². The van der Waals surface area contributed by atoms with Gasteiger partial charge in [0, 0.05) is 18.1 Å². The van der Waals surface area contributed by atoms with Crippen molar-refractivity contribution in [1.82, 2.24) is 19.3 Å². The van der Waals surface area contributed by atoms with Gasteiger partial charge in [0.2, 0.25) is 10.0 Å². The molecule has 10 heteroatoms. The van der Waals surface area contributed by atoms with Gasteiger partial charge in [0.05, 0.1) is 24.6 Å². The summed E-state index contributed by atoms with van der Waals surface area (Å²) in [5.74, 6) is -0.622. The molecule has 0 N–H and O–H groups in total. The number of ether oxygens (including phenoxy) is 1. The topological polar surface area (TPSA) is 94.4 Å². The van der Waals surface area contributed by atoms with E-state index in [0.717, 1.165) is 0 Å². The number of nitrogens with zero attached hydrogens (tertiary/aromatic N) is 4. The molecule has 0 unspecified atom stereocenters. The van der Waals surface area contributed by atoms with E-state index in [-0.39, 0.29) is 24.1 Å². The van der Waals surface area contributed by atoms with Crippen molar-refractivity contribution in [3.05, 3.63) is 46.7 Å². The van der Waals surface area contributed by atoms with Crippen molar-refractivity contribution >= 4 is 27.6 Å². The lowest BCUT2D eigenvalue weighted by atomic mass is 10.2. The average Bonchev–Trinajstić information content (AvgIpc) is 2.97. The van der Waals surface area contributed by atoms with E-state index in [9.17, 15) is 13.2 Å². The first-order chi connectivity index (χ1) is 11.9. The van der Waals surface area contributed by atoms with Gasteiger partial charge in [-0.1, -0.05) is 28.9 Å². The molecule has 0 saturated carbocycles. The zero-order valence-corrected chi connectivity index (χ0v) is 15.1. The lowest BCUT2D eigenvalue weighted by Crippen LogP contribution is -2.51. The quantitative estimate of drug-likeness (QED) is 0.700. The Hall–Kier alpha value is -1.97. The summed E-state index contributed by atoms with van der Waals surface area (Å²) in [5.41, 5.74) is 0.794. The normalized spacial score (nSPS) is 15.8. The molecule has 1 saturated heterocycles. The smallest absolute Gasteiger partial charge is 0.360 e. The Bertz CT molecular complexity index is 860. The maximum absolute atomic E-state index is 12.4.